The largest absolute Gasteiger partial charge is 0.489 e. The van der Waals surface area contributed by atoms with Gasteiger partial charge >= 0.3 is 11.9 Å². The first-order chi connectivity index (χ1) is 27.3. The lowest BCUT2D eigenvalue weighted by Crippen LogP contribution is -2.26. The maximum atomic E-state index is 12.1. The van der Waals surface area contributed by atoms with Crippen LogP contribution in [0, 0.1) is 0 Å². The van der Waals surface area contributed by atoms with Crippen molar-refractivity contribution in [1.82, 2.24) is 0 Å². The number of rotatable bonds is 28. The van der Waals surface area contributed by atoms with Crippen molar-refractivity contribution in [3.63, 3.8) is 0 Å². The molecule has 0 aliphatic rings. The van der Waals surface area contributed by atoms with E-state index in [2.05, 4.69) is 13.2 Å². The van der Waals surface area contributed by atoms with Gasteiger partial charge in [-0.2, -0.15) is 0 Å². The minimum absolute atomic E-state index is 0.0364. The minimum Gasteiger partial charge on any atom is -0.489 e. The number of esters is 2. The minimum atomic E-state index is -1.13. The van der Waals surface area contributed by atoms with Crippen LogP contribution in [0.1, 0.15) is 94.2 Å². The van der Waals surface area contributed by atoms with E-state index in [0.717, 1.165) is 0 Å². The second-order valence-electron chi connectivity index (χ2n) is 12.7. The average Bonchev–Trinajstić information content (AvgIpc) is 3.16. The van der Waals surface area contributed by atoms with E-state index in [-0.39, 0.29) is 125 Å². The SMILES string of the molecule is C=C(C)C(=O)OCCOc1c(OCC)c(OCC)c(C(C)(C)c2c(OCC)c(OCC)c(OCCOC(=O)C(=C)C)c(OCC)c2OCC)c(OCC)c1OCC. The Morgan fingerprint density at radius 2 is 0.596 bits per heavy atom. The van der Waals surface area contributed by atoms with E-state index >= 15 is 0 Å². The molecule has 0 unspecified atom stereocenters. The van der Waals surface area contributed by atoms with Crippen molar-refractivity contribution in [3.05, 3.63) is 35.4 Å². The molecule has 0 atom stereocenters. The quantitative estimate of drug-likeness (QED) is 0.0463. The molecule has 0 saturated carbocycles. The molecule has 2 rings (SSSR count). The van der Waals surface area contributed by atoms with Crippen LogP contribution in [0.2, 0.25) is 0 Å². The third kappa shape index (κ3) is 11.9. The Hall–Kier alpha value is -5.14. The first-order valence-corrected chi connectivity index (χ1v) is 19.7. The fourth-order valence-corrected chi connectivity index (χ4v) is 5.83. The van der Waals surface area contributed by atoms with Gasteiger partial charge in [0.1, 0.15) is 26.4 Å². The van der Waals surface area contributed by atoms with Gasteiger partial charge in [-0.3, -0.25) is 0 Å². The Labute approximate surface area is 338 Å². The fourth-order valence-electron chi connectivity index (χ4n) is 5.83. The molecular formula is C43H64O14. The zero-order chi connectivity index (χ0) is 42.7. The van der Waals surface area contributed by atoms with Gasteiger partial charge in [-0.15, -0.1) is 0 Å². The van der Waals surface area contributed by atoms with Crippen molar-refractivity contribution in [2.45, 2.75) is 88.5 Å². The molecular weight excluding hydrogens is 740 g/mol. The summed E-state index contributed by atoms with van der Waals surface area (Å²) in [6, 6.07) is 0. The molecule has 14 nitrogen and oxygen atoms in total. The summed E-state index contributed by atoms with van der Waals surface area (Å²) in [7, 11) is 0. The maximum Gasteiger partial charge on any atom is 0.333 e. The lowest BCUT2D eigenvalue weighted by Gasteiger charge is -2.36. The number of hydrogen-bond acceptors (Lipinski definition) is 14. The summed E-state index contributed by atoms with van der Waals surface area (Å²) in [4.78, 5) is 24.3. The van der Waals surface area contributed by atoms with Crippen molar-refractivity contribution >= 4 is 11.9 Å². The smallest absolute Gasteiger partial charge is 0.333 e. The Morgan fingerprint density at radius 1 is 0.386 bits per heavy atom. The molecule has 0 saturated heterocycles. The molecule has 0 aromatic heterocycles. The molecule has 57 heavy (non-hydrogen) atoms. The first-order valence-electron chi connectivity index (χ1n) is 19.7. The van der Waals surface area contributed by atoms with Gasteiger partial charge < -0.3 is 56.8 Å². The zero-order valence-corrected chi connectivity index (χ0v) is 36.1. The van der Waals surface area contributed by atoms with Crippen LogP contribution < -0.4 is 47.4 Å². The predicted molar refractivity (Wildman–Crippen MR) is 217 cm³/mol. The van der Waals surface area contributed by atoms with Crippen LogP contribution in [0.25, 0.3) is 0 Å². The van der Waals surface area contributed by atoms with Gasteiger partial charge in [0.2, 0.25) is 34.5 Å². The van der Waals surface area contributed by atoms with E-state index in [1.165, 1.54) is 0 Å². The second kappa shape index (κ2) is 23.8. The molecule has 0 aliphatic carbocycles. The van der Waals surface area contributed by atoms with Crippen LogP contribution >= 0.6 is 0 Å². The van der Waals surface area contributed by atoms with Crippen LogP contribution in [0.4, 0.5) is 0 Å². The predicted octanol–water partition coefficient (Wildman–Crippen LogP) is 8.20. The normalized spacial score (nSPS) is 10.9. The van der Waals surface area contributed by atoms with Gasteiger partial charge in [-0.05, 0) is 69.2 Å². The van der Waals surface area contributed by atoms with Gasteiger partial charge in [0.15, 0.2) is 23.0 Å². The number of hydrogen-bond donors (Lipinski definition) is 0. The maximum absolute atomic E-state index is 12.1. The monoisotopic (exact) mass is 804 g/mol. The Balaban J connectivity index is 3.20. The van der Waals surface area contributed by atoms with Crippen molar-refractivity contribution in [2.75, 3.05) is 79.3 Å². The van der Waals surface area contributed by atoms with E-state index in [4.69, 9.17) is 56.8 Å². The standard InChI is InChI=1S/C43H64O14/c1-15-46-31-29(32(47-16-2)36(51-20-6)39(35(31)50-19-5)54-23-25-56-41(44)27(9)10)43(13,14)30-33(48-17-3)37(52-21-7)40(38(53-22-8)34(30)49-18-4)55-24-26-57-42(45)28(11)12/h9,11,15-26H2,1-8,10,12-14H3. The molecule has 0 amide bonds. The van der Waals surface area contributed by atoms with E-state index in [1.807, 2.05) is 69.2 Å². The van der Waals surface area contributed by atoms with E-state index in [0.29, 0.717) is 34.1 Å². The van der Waals surface area contributed by atoms with Crippen LogP contribution in [-0.4, -0.2) is 91.2 Å². The van der Waals surface area contributed by atoms with E-state index in [1.54, 1.807) is 13.8 Å². The Kier molecular flexibility index (Phi) is 20.1. The van der Waals surface area contributed by atoms with Gasteiger partial charge in [-0.1, -0.05) is 27.0 Å². The van der Waals surface area contributed by atoms with Gasteiger partial charge in [0, 0.05) is 16.6 Å². The van der Waals surface area contributed by atoms with Gasteiger partial charge in [-0.25, -0.2) is 9.59 Å². The van der Waals surface area contributed by atoms with Crippen LogP contribution in [0.3, 0.4) is 0 Å². The number of carbonyl (C=O) groups excluding carboxylic acids is 2. The molecule has 0 fully saturated rings. The van der Waals surface area contributed by atoms with Crippen LogP contribution in [0.5, 0.6) is 57.5 Å². The number of carbonyl (C=O) groups is 2. The van der Waals surface area contributed by atoms with Gasteiger partial charge in [0.05, 0.1) is 64.0 Å². The highest BCUT2D eigenvalue weighted by Gasteiger charge is 2.45. The van der Waals surface area contributed by atoms with Crippen molar-refractivity contribution in [3.8, 4) is 57.5 Å². The highest BCUT2D eigenvalue weighted by atomic mass is 16.6. The molecule has 0 radical (unpaired) electrons. The van der Waals surface area contributed by atoms with Crippen molar-refractivity contribution in [2.24, 2.45) is 0 Å². The summed E-state index contributed by atoms with van der Waals surface area (Å²) in [6.45, 7) is 30.9. The van der Waals surface area contributed by atoms with E-state index < -0.39 is 17.4 Å². The third-order valence-electron chi connectivity index (χ3n) is 7.94. The van der Waals surface area contributed by atoms with Gasteiger partial charge in [0.25, 0.3) is 0 Å². The summed E-state index contributed by atoms with van der Waals surface area (Å²) in [5.74, 6) is 1.70. The molecule has 2 aromatic carbocycles. The molecule has 2 aromatic rings. The number of ether oxygens (including phenoxy) is 12. The highest BCUT2D eigenvalue weighted by Crippen LogP contribution is 2.63. The third-order valence-corrected chi connectivity index (χ3v) is 7.94. The second-order valence-corrected chi connectivity index (χ2v) is 12.7. The molecule has 0 N–H and O–H groups in total. The topological polar surface area (TPSA) is 145 Å². The summed E-state index contributed by atoms with van der Waals surface area (Å²) >= 11 is 0. The first kappa shape index (κ1) is 48.0. The van der Waals surface area contributed by atoms with Crippen LogP contribution in [0.15, 0.2) is 24.3 Å². The van der Waals surface area contributed by atoms with E-state index in [9.17, 15) is 9.59 Å². The Bertz CT molecular complexity index is 1470. The summed E-state index contributed by atoms with van der Waals surface area (Å²) < 4.78 is 74.6. The highest BCUT2D eigenvalue weighted by molar-refractivity contribution is 5.87. The molecule has 14 heteroatoms. The summed E-state index contributed by atoms with van der Waals surface area (Å²) in [5.41, 5.74) is 0.471. The molecule has 0 bridgehead atoms. The molecule has 320 valence electrons. The average molecular weight is 805 g/mol. The fraction of sp³-hybridized carbons (Fsp3) is 0.581. The number of benzene rings is 2. The molecule has 0 aliphatic heterocycles. The molecule has 0 heterocycles. The summed E-state index contributed by atoms with van der Waals surface area (Å²) in [6.07, 6.45) is 0. The lowest BCUT2D eigenvalue weighted by molar-refractivity contribution is -0.140. The Morgan fingerprint density at radius 3 is 0.807 bits per heavy atom. The van der Waals surface area contributed by atoms with Crippen molar-refractivity contribution in [1.29, 1.82) is 0 Å². The van der Waals surface area contributed by atoms with Crippen molar-refractivity contribution < 1.29 is 66.4 Å². The molecule has 0 spiro atoms. The zero-order valence-electron chi connectivity index (χ0n) is 36.1. The summed E-state index contributed by atoms with van der Waals surface area (Å²) in [5, 5.41) is 0. The van der Waals surface area contributed by atoms with Crippen LogP contribution in [-0.2, 0) is 24.5 Å². The lowest BCUT2D eigenvalue weighted by atomic mass is 9.75.